The van der Waals surface area contributed by atoms with Crippen molar-refractivity contribution >= 4 is 45.5 Å². The van der Waals surface area contributed by atoms with Gasteiger partial charge in [-0.1, -0.05) is 11.6 Å². The molecule has 0 unspecified atom stereocenters. The van der Waals surface area contributed by atoms with Gasteiger partial charge in [-0.2, -0.15) is 8.42 Å². The number of halogens is 1. The van der Waals surface area contributed by atoms with Gasteiger partial charge < -0.3 is 30.5 Å². The number of carbonyl (C=O) groups excluding carboxylic acids is 3. The lowest BCUT2D eigenvalue weighted by molar-refractivity contribution is -0.142. The van der Waals surface area contributed by atoms with Crippen molar-refractivity contribution in [1.82, 2.24) is 10.6 Å². The summed E-state index contributed by atoms with van der Waals surface area (Å²) in [6.45, 7) is 4.40. The number of alkyl carbamates (subject to hydrolysis) is 1. The Balaban J connectivity index is 2.87. The first-order valence-electron chi connectivity index (χ1n) is 8.26. The Kier molecular flexibility index (Phi) is 8.27. The zero-order valence-electron chi connectivity index (χ0n) is 16.5. The third-order valence-electron chi connectivity index (χ3n) is 3.21. The van der Waals surface area contributed by atoms with Gasteiger partial charge in [-0.25, -0.2) is 14.4 Å². The van der Waals surface area contributed by atoms with Crippen molar-refractivity contribution < 1.29 is 41.9 Å². The number of rotatable bonds is 6. The van der Waals surface area contributed by atoms with E-state index in [1.54, 1.807) is 20.8 Å². The highest BCUT2D eigenvalue weighted by Crippen LogP contribution is 2.34. The summed E-state index contributed by atoms with van der Waals surface area (Å²) in [6.07, 6.45) is -0.926. The minimum atomic E-state index is -4.81. The van der Waals surface area contributed by atoms with Crippen molar-refractivity contribution in [3.05, 3.63) is 17.2 Å². The average Bonchev–Trinajstić information content (AvgIpc) is 2.58. The van der Waals surface area contributed by atoms with Gasteiger partial charge in [-0.3, -0.25) is 4.55 Å². The molecule has 0 saturated heterocycles. The molecule has 1 rings (SSSR count). The summed E-state index contributed by atoms with van der Waals surface area (Å²) in [5.74, 6) is -1.83. The quantitative estimate of drug-likeness (QED) is 0.235. The summed E-state index contributed by atoms with van der Waals surface area (Å²) in [4.78, 5) is 34.8. The number of anilines is 1. The van der Waals surface area contributed by atoms with Crippen LogP contribution in [0, 0.1) is 0 Å². The Morgan fingerprint density at radius 3 is 2.33 bits per heavy atom. The number of urea groups is 1. The zero-order chi connectivity index (χ0) is 23.3. The van der Waals surface area contributed by atoms with Crippen molar-refractivity contribution in [3.63, 3.8) is 0 Å². The molecule has 5 N–H and O–H groups in total. The third-order valence-corrected chi connectivity index (χ3v) is 4.29. The number of amides is 3. The van der Waals surface area contributed by atoms with Crippen LogP contribution >= 0.6 is 11.6 Å². The third kappa shape index (κ3) is 7.93. The molecule has 168 valence electrons. The number of hydrogen-bond acceptors (Lipinski definition) is 8. The molecule has 12 nitrogen and oxygen atoms in total. The maximum Gasteiger partial charge on any atom is 0.408 e. The smallest absolute Gasteiger partial charge is 0.408 e. The second kappa shape index (κ2) is 9.82. The first-order chi connectivity index (χ1) is 13.6. The van der Waals surface area contributed by atoms with Crippen molar-refractivity contribution in [1.29, 1.82) is 0 Å². The second-order valence-corrected chi connectivity index (χ2v) is 8.66. The number of nitrogens with one attached hydrogen (secondary N) is 3. The van der Waals surface area contributed by atoms with Gasteiger partial charge >= 0.3 is 18.1 Å². The minimum Gasteiger partial charge on any atom is -0.504 e. The summed E-state index contributed by atoms with van der Waals surface area (Å²) in [7, 11) is -3.74. The lowest BCUT2D eigenvalue weighted by atomic mass is 10.2. The summed E-state index contributed by atoms with van der Waals surface area (Å²) >= 11 is 5.73. The van der Waals surface area contributed by atoms with E-state index < -0.39 is 62.7 Å². The molecule has 0 heterocycles. The highest BCUT2D eigenvalue weighted by atomic mass is 35.5. The molecule has 0 aliphatic carbocycles. The largest absolute Gasteiger partial charge is 0.504 e. The van der Waals surface area contributed by atoms with Crippen molar-refractivity contribution in [3.8, 4) is 5.75 Å². The minimum absolute atomic E-state index is 0.199. The van der Waals surface area contributed by atoms with E-state index in [0.717, 1.165) is 19.2 Å². The van der Waals surface area contributed by atoms with Crippen LogP contribution in [0.15, 0.2) is 17.0 Å². The average molecular weight is 468 g/mol. The number of hydrogen-bond donors (Lipinski definition) is 5. The highest BCUT2D eigenvalue weighted by molar-refractivity contribution is 7.86. The first-order valence-corrected chi connectivity index (χ1v) is 10.1. The maximum atomic E-state index is 12.1. The molecule has 14 heteroatoms. The molecule has 1 aromatic rings. The predicted molar refractivity (Wildman–Crippen MR) is 105 cm³/mol. The Bertz CT molecular complexity index is 929. The molecule has 0 aliphatic heterocycles. The van der Waals surface area contributed by atoms with Crippen molar-refractivity contribution in [2.45, 2.75) is 37.3 Å². The van der Waals surface area contributed by atoms with Gasteiger partial charge in [-0.15, -0.1) is 0 Å². The number of methoxy groups -OCH3 is 1. The predicted octanol–water partition coefficient (Wildman–Crippen LogP) is 1.48. The van der Waals surface area contributed by atoms with Gasteiger partial charge in [0.2, 0.25) is 0 Å². The van der Waals surface area contributed by atoms with Crippen LogP contribution < -0.4 is 16.0 Å². The summed E-state index contributed by atoms with van der Waals surface area (Å²) in [5.41, 5.74) is -1.26. The number of esters is 1. The van der Waals surface area contributed by atoms with E-state index in [9.17, 15) is 27.9 Å². The van der Waals surface area contributed by atoms with Crippen molar-refractivity contribution in [2.24, 2.45) is 0 Å². The van der Waals surface area contributed by atoms with E-state index >= 15 is 0 Å². The van der Waals surface area contributed by atoms with Gasteiger partial charge in [0.05, 0.1) is 19.3 Å². The molecule has 0 saturated carbocycles. The Morgan fingerprint density at radius 2 is 1.83 bits per heavy atom. The summed E-state index contributed by atoms with van der Waals surface area (Å²) < 4.78 is 41.2. The Morgan fingerprint density at radius 1 is 1.23 bits per heavy atom. The molecule has 3 amide bonds. The number of phenolic OH excluding ortho intramolecular Hbond substituents is 1. The molecule has 30 heavy (non-hydrogen) atoms. The highest BCUT2D eigenvalue weighted by Gasteiger charge is 2.26. The number of ether oxygens (including phenoxy) is 2. The second-order valence-electron chi connectivity index (χ2n) is 6.83. The molecule has 1 aromatic carbocycles. The molecule has 0 aromatic heterocycles. The normalized spacial score (nSPS) is 12.5. The van der Waals surface area contributed by atoms with Gasteiger partial charge in [0.25, 0.3) is 10.1 Å². The van der Waals surface area contributed by atoms with E-state index in [4.69, 9.17) is 20.9 Å². The maximum absolute atomic E-state index is 12.1. The first kappa shape index (κ1) is 25.3. The van der Waals surface area contributed by atoms with Crippen molar-refractivity contribution in [2.75, 3.05) is 19.0 Å². The SMILES string of the molecule is COC(=O)[C@H](CNC(=O)Nc1cc(Cl)cc(S(=O)(=O)O)c1O)NC(=O)OC(C)(C)C. The lowest BCUT2D eigenvalue weighted by Gasteiger charge is -2.22. The Labute approximate surface area is 177 Å². The van der Waals surface area contributed by atoms with E-state index in [1.807, 2.05) is 0 Å². The molecule has 1 atom stereocenters. The molecule has 0 radical (unpaired) electrons. The van der Waals surface area contributed by atoms with E-state index in [-0.39, 0.29) is 5.02 Å². The van der Waals surface area contributed by atoms with Gasteiger partial charge in [0.15, 0.2) is 5.75 Å². The van der Waals surface area contributed by atoms with E-state index in [2.05, 4.69) is 20.7 Å². The number of benzene rings is 1. The fourth-order valence-electron chi connectivity index (χ4n) is 2.01. The van der Waals surface area contributed by atoms with E-state index in [0.29, 0.717) is 0 Å². The van der Waals surface area contributed by atoms with Gasteiger partial charge in [-0.05, 0) is 32.9 Å². The lowest BCUT2D eigenvalue weighted by Crippen LogP contribution is -2.50. The standard InChI is InChI=1S/C16H22ClN3O9S/c1-16(2,3)29-15(24)20-10(13(22)28-4)7-18-14(23)19-9-5-8(17)6-11(12(9)21)30(25,26)27/h5-6,10,21H,7H2,1-4H3,(H,20,24)(H2,18,19,23)(H,25,26,27)/t10-/m0/s1. The van der Waals surface area contributed by atoms with E-state index in [1.165, 1.54) is 0 Å². The van der Waals surface area contributed by atoms with Gasteiger partial charge in [0.1, 0.15) is 16.5 Å². The van der Waals surface area contributed by atoms with Crippen LogP contribution in [0.5, 0.6) is 5.75 Å². The Hall–Kier alpha value is -2.77. The van der Waals surface area contributed by atoms with Crippen LogP contribution in [0.1, 0.15) is 20.8 Å². The molecule has 0 aliphatic rings. The van der Waals surface area contributed by atoms with Crippen LogP contribution in [-0.2, 0) is 24.4 Å². The monoisotopic (exact) mass is 467 g/mol. The van der Waals surface area contributed by atoms with Crippen LogP contribution in [0.3, 0.4) is 0 Å². The van der Waals surface area contributed by atoms with Crippen LogP contribution in [0.4, 0.5) is 15.3 Å². The fraction of sp³-hybridized carbons (Fsp3) is 0.438. The molecule has 0 fully saturated rings. The van der Waals surface area contributed by atoms with Gasteiger partial charge in [0, 0.05) is 5.02 Å². The van der Waals surface area contributed by atoms with Crippen LogP contribution in [0.2, 0.25) is 5.02 Å². The van der Waals surface area contributed by atoms with Crippen LogP contribution in [-0.4, -0.2) is 61.5 Å². The molecular formula is C16H22ClN3O9S. The fourth-order valence-corrected chi connectivity index (χ4v) is 2.93. The summed E-state index contributed by atoms with van der Waals surface area (Å²) in [6, 6.07) is -0.486. The van der Waals surface area contributed by atoms with Crippen LogP contribution in [0.25, 0.3) is 0 Å². The molecule has 0 spiro atoms. The number of phenols is 1. The number of aromatic hydroxyl groups is 1. The molecule has 0 bridgehead atoms. The zero-order valence-corrected chi connectivity index (χ0v) is 18.0. The number of carbonyl (C=O) groups is 3. The summed E-state index contributed by atoms with van der Waals surface area (Å²) in [5, 5.41) is 16.3. The topological polar surface area (TPSA) is 180 Å². The molecular weight excluding hydrogens is 446 g/mol.